The molecular weight excluding hydrogens is 695 g/mol. The van der Waals surface area contributed by atoms with Crippen LogP contribution in [0.1, 0.15) is 41.4 Å². The number of nitrogens with one attached hydrogen (secondary N) is 1. The average molecular weight is 726 g/mol. The molecule has 5 rings (SSSR count). The molecule has 0 bridgehead atoms. The van der Waals surface area contributed by atoms with E-state index in [2.05, 4.69) is 18.9 Å². The van der Waals surface area contributed by atoms with Gasteiger partial charge in [-0.1, -0.05) is 48.5 Å². The van der Waals surface area contributed by atoms with Crippen molar-refractivity contribution in [1.82, 2.24) is 9.55 Å². The lowest BCUT2D eigenvalue weighted by Crippen LogP contribution is -2.32. The molecule has 48 heavy (non-hydrogen) atoms. The molecule has 2 aliphatic rings. The second-order valence-electron chi connectivity index (χ2n) is 10.8. The number of nitrogens with zero attached hydrogens (tertiary/aromatic N) is 2. The van der Waals surface area contributed by atoms with Crippen molar-refractivity contribution < 1.29 is 60.5 Å². The zero-order valence-electron chi connectivity index (χ0n) is 25.1. The summed E-state index contributed by atoms with van der Waals surface area (Å²) in [6.45, 7) is 0.200. The number of hydrogen-bond donors (Lipinski definition) is 1. The predicted octanol–water partition coefficient (Wildman–Crippen LogP) is 2.09. The van der Waals surface area contributed by atoms with Crippen molar-refractivity contribution in [3.05, 3.63) is 94.5 Å². The first-order valence-corrected chi connectivity index (χ1v) is 19.3. The number of ether oxygens (including phenoxy) is 3. The molecule has 17 nitrogen and oxygen atoms in total. The molecule has 0 spiro atoms. The Labute approximate surface area is 274 Å². The molecule has 20 heteroatoms. The zero-order chi connectivity index (χ0) is 34.4. The summed E-state index contributed by atoms with van der Waals surface area (Å²) in [5.41, 5.74) is -0.365. The summed E-state index contributed by atoms with van der Waals surface area (Å²) in [5.74, 6) is -0.465. The van der Waals surface area contributed by atoms with E-state index in [0.29, 0.717) is 19.0 Å². The highest BCUT2D eigenvalue weighted by Gasteiger charge is 2.41. The third-order valence-electron chi connectivity index (χ3n) is 7.20. The van der Waals surface area contributed by atoms with Gasteiger partial charge < -0.3 is 43.3 Å². The fraction of sp³-hybridized carbons (Fsp3) is 0.393. The topological polar surface area (TPSA) is 240 Å². The molecule has 3 aromatic rings. The molecule has 3 heterocycles. The van der Waals surface area contributed by atoms with E-state index in [-0.39, 0.29) is 23.6 Å². The summed E-state index contributed by atoms with van der Waals surface area (Å²) < 4.78 is 67.6. The Kier molecular flexibility index (Phi) is 11.8. The first-order chi connectivity index (χ1) is 22.8. The minimum absolute atomic E-state index is 0.0665. The van der Waals surface area contributed by atoms with E-state index < -0.39 is 66.1 Å². The van der Waals surface area contributed by atoms with Gasteiger partial charge in [0.1, 0.15) is 31.8 Å². The van der Waals surface area contributed by atoms with Gasteiger partial charge in [-0.15, -0.1) is 0 Å². The van der Waals surface area contributed by atoms with Crippen LogP contribution in [0.15, 0.2) is 77.7 Å². The Hall–Kier alpha value is -3.04. The van der Waals surface area contributed by atoms with Crippen LogP contribution in [0.25, 0.3) is 0 Å². The van der Waals surface area contributed by atoms with Gasteiger partial charge in [0.25, 0.3) is 15.6 Å². The van der Waals surface area contributed by atoms with Crippen LogP contribution in [0.4, 0.5) is 5.82 Å². The van der Waals surface area contributed by atoms with Crippen molar-refractivity contribution in [3.8, 4) is 0 Å². The van der Waals surface area contributed by atoms with E-state index in [4.69, 9.17) is 18.7 Å². The van der Waals surface area contributed by atoms with Crippen molar-refractivity contribution >= 4 is 35.0 Å². The number of carbonyl (C=O) groups excluding carboxylic acids is 1. The number of phosphoric acid groups is 2. The summed E-state index contributed by atoms with van der Waals surface area (Å²) in [4.78, 5) is 66.8. The van der Waals surface area contributed by atoms with Crippen LogP contribution in [0, 0.1) is 0 Å². The standard InChI is InChI=1S/C28H34N3O14P3/c32-27(21-9-5-2-6-10-21)43-23-17-26(31-14-11-25(30-28(31)33)29-22-12-15-40-16-13-22)42-24(23)18-41-47(36,37)45-48(38,39)44-46(34,35)19-20-7-3-1-4-8-20/h1-11,14,22-24,26H,12-13,15-19H2,(H,34,35)(H,36,37)(H,38,39)(H,29,30,33)/p-3/t23?,24-,26-/m1/s1. The molecule has 2 aliphatic heterocycles. The van der Waals surface area contributed by atoms with Crippen LogP contribution in [-0.4, -0.2) is 53.6 Å². The molecule has 260 valence electrons. The minimum Gasteiger partial charge on any atom is -0.778 e. The summed E-state index contributed by atoms with van der Waals surface area (Å²) in [5, 5.41) is 3.17. The second kappa shape index (κ2) is 15.7. The average Bonchev–Trinajstić information content (AvgIpc) is 3.42. The number of aromatic nitrogens is 2. The normalized spacial score (nSPS) is 23.8. The van der Waals surface area contributed by atoms with Crippen LogP contribution < -0.4 is 25.7 Å². The maximum atomic E-state index is 13.0. The van der Waals surface area contributed by atoms with E-state index in [9.17, 15) is 38.0 Å². The third-order valence-corrected chi connectivity index (χ3v) is 11.8. The van der Waals surface area contributed by atoms with Crippen LogP contribution >= 0.6 is 23.2 Å². The number of phosphoric ester groups is 1. The molecule has 0 amide bonds. The van der Waals surface area contributed by atoms with Crippen molar-refractivity contribution in [1.29, 1.82) is 0 Å². The van der Waals surface area contributed by atoms with Gasteiger partial charge in [0, 0.05) is 38.0 Å². The van der Waals surface area contributed by atoms with Crippen LogP contribution in [0.5, 0.6) is 0 Å². The molecule has 1 aromatic heterocycles. The van der Waals surface area contributed by atoms with E-state index >= 15 is 0 Å². The van der Waals surface area contributed by atoms with Gasteiger partial charge in [-0.3, -0.25) is 18.0 Å². The lowest BCUT2D eigenvalue weighted by atomic mass is 10.1. The molecule has 1 N–H and O–H groups in total. The highest BCUT2D eigenvalue weighted by molar-refractivity contribution is 7.66. The Bertz CT molecular complexity index is 1760. The molecule has 0 radical (unpaired) electrons. The summed E-state index contributed by atoms with van der Waals surface area (Å²) in [7, 11) is -17.0. The largest absolute Gasteiger partial charge is 0.778 e. The highest BCUT2D eigenvalue weighted by atomic mass is 31.3. The summed E-state index contributed by atoms with van der Waals surface area (Å²) in [6.07, 6.45) is -1.80. The van der Waals surface area contributed by atoms with Crippen LogP contribution in [0.3, 0.4) is 0 Å². The fourth-order valence-corrected chi connectivity index (χ4v) is 9.00. The van der Waals surface area contributed by atoms with Crippen molar-refractivity contribution in [2.24, 2.45) is 0 Å². The molecule has 0 saturated carbocycles. The zero-order valence-corrected chi connectivity index (χ0v) is 27.8. The van der Waals surface area contributed by atoms with Gasteiger partial charge in [0.2, 0.25) is 0 Å². The highest BCUT2D eigenvalue weighted by Crippen LogP contribution is 2.63. The molecule has 2 fully saturated rings. The summed E-state index contributed by atoms with van der Waals surface area (Å²) >= 11 is 0. The number of anilines is 1. The predicted molar refractivity (Wildman–Crippen MR) is 161 cm³/mol. The van der Waals surface area contributed by atoms with E-state index in [1.54, 1.807) is 30.3 Å². The number of hydrogen-bond acceptors (Lipinski definition) is 16. The number of esters is 1. The van der Waals surface area contributed by atoms with Crippen molar-refractivity contribution in [3.63, 3.8) is 0 Å². The molecule has 6 atom stereocenters. The molecule has 2 aromatic carbocycles. The van der Waals surface area contributed by atoms with Crippen molar-refractivity contribution in [2.75, 3.05) is 25.1 Å². The Morgan fingerprint density at radius 2 is 1.60 bits per heavy atom. The first-order valence-electron chi connectivity index (χ1n) is 14.7. The van der Waals surface area contributed by atoms with Crippen LogP contribution in [0.2, 0.25) is 0 Å². The second-order valence-corrected chi connectivity index (χ2v) is 15.7. The lowest BCUT2D eigenvalue weighted by molar-refractivity contribution is -0.246. The fourth-order valence-electron chi connectivity index (χ4n) is 5.00. The van der Waals surface area contributed by atoms with E-state index in [1.807, 2.05) is 0 Å². The molecular formula is C28H31N3O14P3-3. The van der Waals surface area contributed by atoms with Crippen LogP contribution in [-0.2, 0) is 47.2 Å². The van der Waals surface area contributed by atoms with Gasteiger partial charge >= 0.3 is 11.7 Å². The smallest absolute Gasteiger partial charge is 0.351 e. The SMILES string of the molecule is O=C(OC1C[C@H](n2ccc(NC3CCOCC3)nc2=O)O[C@@H]1COP(=O)([O-])OP(=O)([O-])OP(=O)([O-])Cc1ccccc1)c1ccccc1. The number of carbonyl (C=O) groups is 1. The molecule has 4 unspecified atom stereocenters. The minimum atomic E-state index is -6.02. The van der Waals surface area contributed by atoms with Crippen molar-refractivity contribution in [2.45, 2.75) is 49.9 Å². The number of rotatable bonds is 14. The van der Waals surface area contributed by atoms with Gasteiger partial charge in [0.15, 0.2) is 0 Å². The maximum absolute atomic E-state index is 13.0. The number of benzene rings is 2. The maximum Gasteiger partial charge on any atom is 0.351 e. The molecule has 2 saturated heterocycles. The first kappa shape index (κ1) is 36.2. The van der Waals surface area contributed by atoms with E-state index in [1.165, 1.54) is 42.6 Å². The van der Waals surface area contributed by atoms with Gasteiger partial charge in [-0.05, 0) is 36.6 Å². The van der Waals surface area contributed by atoms with E-state index in [0.717, 1.165) is 17.4 Å². The quantitative estimate of drug-likeness (QED) is 0.185. The molecule has 0 aliphatic carbocycles. The third kappa shape index (κ3) is 10.5. The van der Waals surface area contributed by atoms with Gasteiger partial charge in [-0.2, -0.15) is 4.98 Å². The lowest BCUT2D eigenvalue weighted by Gasteiger charge is -2.35. The monoisotopic (exact) mass is 726 g/mol. The van der Waals surface area contributed by atoms with Gasteiger partial charge in [-0.25, -0.2) is 13.9 Å². The Morgan fingerprint density at radius 3 is 2.27 bits per heavy atom. The van der Waals surface area contributed by atoms with Gasteiger partial charge in [0.05, 0.1) is 12.2 Å². The Morgan fingerprint density at radius 1 is 0.938 bits per heavy atom. The Balaban J connectivity index is 1.26. The summed E-state index contributed by atoms with van der Waals surface area (Å²) in [6, 6.07) is 16.9.